The van der Waals surface area contributed by atoms with Crippen LogP contribution in [0, 0.1) is 16.8 Å². The Morgan fingerprint density at radius 2 is 2.00 bits per heavy atom. The lowest BCUT2D eigenvalue weighted by Gasteiger charge is -2.19. The molecule has 0 saturated carbocycles. The molecule has 0 aliphatic carbocycles. The minimum atomic E-state index is -0.946. The van der Waals surface area contributed by atoms with Crippen LogP contribution in [-0.4, -0.2) is 60.1 Å². The summed E-state index contributed by atoms with van der Waals surface area (Å²) in [5.41, 5.74) is 0.540. The Balaban J connectivity index is 1.54. The van der Waals surface area contributed by atoms with Crippen LogP contribution in [0.3, 0.4) is 0 Å². The molecular formula is C27H26F3N5O2S. The predicted molar refractivity (Wildman–Crippen MR) is 143 cm³/mol. The molecule has 2 aromatic heterocycles. The highest BCUT2D eigenvalue weighted by Crippen LogP contribution is 2.39. The maximum absolute atomic E-state index is 16.1. The molecule has 38 heavy (non-hydrogen) atoms. The van der Waals surface area contributed by atoms with E-state index in [9.17, 15) is 13.6 Å². The molecule has 0 radical (unpaired) electrons. The van der Waals surface area contributed by atoms with Gasteiger partial charge >= 0.3 is 6.01 Å². The van der Waals surface area contributed by atoms with Gasteiger partial charge < -0.3 is 20.3 Å². The number of amides is 1. The Hall–Kier alpha value is -3.70. The molecule has 2 N–H and O–H groups in total. The molecule has 5 rings (SSSR count). The summed E-state index contributed by atoms with van der Waals surface area (Å²) in [5.74, 6) is -1.57. The second-order valence-corrected chi connectivity index (χ2v) is 10.0. The molecule has 1 saturated heterocycles. The van der Waals surface area contributed by atoms with Gasteiger partial charge in [-0.3, -0.25) is 4.79 Å². The highest BCUT2D eigenvalue weighted by atomic mass is 32.1. The number of halogens is 3. The molecule has 1 aliphatic heterocycles. The molecular weight excluding hydrogens is 515 g/mol. The van der Waals surface area contributed by atoms with Crippen molar-refractivity contribution in [1.82, 2.24) is 20.2 Å². The van der Waals surface area contributed by atoms with Crippen molar-refractivity contribution in [2.45, 2.75) is 18.9 Å². The van der Waals surface area contributed by atoms with E-state index in [0.29, 0.717) is 46.0 Å². The van der Waals surface area contributed by atoms with Crippen LogP contribution in [0.1, 0.15) is 12.8 Å². The number of likely N-dealkylation sites (tertiary alicyclic amines) is 1. The fourth-order valence-electron chi connectivity index (χ4n) is 4.62. The summed E-state index contributed by atoms with van der Waals surface area (Å²) >= 11 is 0.636. The first-order chi connectivity index (χ1) is 18.4. The van der Waals surface area contributed by atoms with Crippen molar-refractivity contribution in [2.75, 3.05) is 38.6 Å². The van der Waals surface area contributed by atoms with E-state index >= 15 is 4.39 Å². The molecule has 2 aromatic carbocycles. The van der Waals surface area contributed by atoms with Crippen molar-refractivity contribution >= 4 is 44.1 Å². The third kappa shape index (κ3) is 5.03. The van der Waals surface area contributed by atoms with Gasteiger partial charge in [-0.15, -0.1) is 11.3 Å². The Morgan fingerprint density at radius 3 is 2.76 bits per heavy atom. The quantitative estimate of drug-likeness (QED) is 0.226. The standard InChI is InChI=1S/C27H26F3N5O2S/c1-3-20(36)31-11-12-32-26-19-10-9-16(17-7-4-8-18-22(29)25(30)38-24(17)18)21(28)23(19)33-27(34-26)37-14-15-6-5-13-35(15)2/h3-4,7-10,15H,1,5-6,11-14H2,2H3,(H,31,36)(H,32,33,34)/t15-/m0/s1. The number of carbonyl (C=O) groups is 1. The first-order valence-corrected chi connectivity index (χ1v) is 13.0. The zero-order valence-electron chi connectivity index (χ0n) is 20.7. The van der Waals surface area contributed by atoms with Crippen molar-refractivity contribution in [2.24, 2.45) is 0 Å². The molecule has 1 amide bonds. The van der Waals surface area contributed by atoms with E-state index in [4.69, 9.17) is 4.74 Å². The third-order valence-electron chi connectivity index (χ3n) is 6.67. The van der Waals surface area contributed by atoms with Gasteiger partial charge in [0.25, 0.3) is 0 Å². The van der Waals surface area contributed by atoms with Gasteiger partial charge in [0.15, 0.2) is 11.6 Å². The molecule has 7 nitrogen and oxygen atoms in total. The summed E-state index contributed by atoms with van der Waals surface area (Å²) in [7, 11) is 2.02. The van der Waals surface area contributed by atoms with Gasteiger partial charge in [-0.05, 0) is 38.6 Å². The van der Waals surface area contributed by atoms with Crippen LogP contribution in [0.15, 0.2) is 43.0 Å². The third-order valence-corrected chi connectivity index (χ3v) is 7.67. The molecule has 3 heterocycles. The van der Waals surface area contributed by atoms with E-state index in [1.54, 1.807) is 24.3 Å². The van der Waals surface area contributed by atoms with Crippen LogP contribution < -0.4 is 15.4 Å². The summed E-state index contributed by atoms with van der Waals surface area (Å²) in [6, 6.07) is 8.07. The molecule has 0 unspecified atom stereocenters. The maximum atomic E-state index is 16.1. The number of carbonyl (C=O) groups excluding carboxylic acids is 1. The second kappa shape index (κ2) is 11.0. The number of nitrogens with zero attached hydrogens (tertiary/aromatic N) is 3. The smallest absolute Gasteiger partial charge is 0.319 e. The minimum Gasteiger partial charge on any atom is -0.462 e. The van der Waals surface area contributed by atoms with Crippen LogP contribution in [0.5, 0.6) is 6.01 Å². The summed E-state index contributed by atoms with van der Waals surface area (Å²) in [5, 5.41) is 5.34. The van der Waals surface area contributed by atoms with Gasteiger partial charge in [-0.2, -0.15) is 14.4 Å². The number of ether oxygens (including phenoxy) is 1. The molecule has 0 spiro atoms. The van der Waals surface area contributed by atoms with Gasteiger partial charge in [-0.25, -0.2) is 8.78 Å². The van der Waals surface area contributed by atoms with Crippen molar-refractivity contribution in [1.29, 1.82) is 0 Å². The van der Waals surface area contributed by atoms with Gasteiger partial charge in [-0.1, -0.05) is 30.8 Å². The summed E-state index contributed by atoms with van der Waals surface area (Å²) in [4.78, 5) is 22.5. The SMILES string of the molecule is C=CC(=O)NCCNc1nc(OC[C@@H]2CCCN2C)nc2c(F)c(-c3cccc4c(F)c(F)sc34)ccc12. The first-order valence-electron chi connectivity index (χ1n) is 12.2. The number of likely N-dealkylation sites (N-methyl/N-ethyl adjacent to an activating group) is 1. The summed E-state index contributed by atoms with van der Waals surface area (Å²) in [6.45, 7) is 5.35. The van der Waals surface area contributed by atoms with Crippen molar-refractivity contribution < 1.29 is 22.7 Å². The highest BCUT2D eigenvalue weighted by Gasteiger charge is 2.23. The minimum absolute atomic E-state index is 0.0119. The average Bonchev–Trinajstić information content (AvgIpc) is 3.47. The topological polar surface area (TPSA) is 79.4 Å². The lowest BCUT2D eigenvalue weighted by Crippen LogP contribution is -2.31. The molecule has 11 heteroatoms. The van der Waals surface area contributed by atoms with E-state index in [-0.39, 0.29) is 41.0 Å². The maximum Gasteiger partial charge on any atom is 0.319 e. The number of nitrogens with one attached hydrogen (secondary N) is 2. The van der Waals surface area contributed by atoms with E-state index in [1.807, 2.05) is 7.05 Å². The van der Waals surface area contributed by atoms with E-state index in [1.165, 1.54) is 12.1 Å². The molecule has 1 atom stereocenters. The second-order valence-electron chi connectivity index (χ2n) is 9.06. The Labute approximate surface area is 221 Å². The Bertz CT molecular complexity index is 1530. The molecule has 0 bridgehead atoms. The van der Waals surface area contributed by atoms with Gasteiger partial charge in [0.1, 0.15) is 17.9 Å². The highest BCUT2D eigenvalue weighted by molar-refractivity contribution is 7.18. The predicted octanol–water partition coefficient (Wildman–Crippen LogP) is 5.12. The van der Waals surface area contributed by atoms with Crippen molar-refractivity contribution in [3.63, 3.8) is 0 Å². The largest absolute Gasteiger partial charge is 0.462 e. The van der Waals surface area contributed by atoms with E-state index < -0.39 is 16.8 Å². The Kier molecular flexibility index (Phi) is 7.48. The fourth-order valence-corrected chi connectivity index (χ4v) is 5.55. The van der Waals surface area contributed by atoms with Crippen LogP contribution in [0.25, 0.3) is 32.1 Å². The lowest BCUT2D eigenvalue weighted by atomic mass is 10.0. The summed E-state index contributed by atoms with van der Waals surface area (Å²) in [6.07, 6.45) is 3.23. The monoisotopic (exact) mass is 541 g/mol. The molecule has 4 aromatic rings. The number of hydrogen-bond acceptors (Lipinski definition) is 7. The number of thiophene rings is 1. The normalized spacial score (nSPS) is 15.7. The number of aromatic nitrogens is 2. The van der Waals surface area contributed by atoms with E-state index in [0.717, 1.165) is 19.4 Å². The van der Waals surface area contributed by atoms with Crippen molar-refractivity contribution in [3.8, 4) is 17.1 Å². The van der Waals surface area contributed by atoms with Crippen LogP contribution in [-0.2, 0) is 4.79 Å². The first kappa shape index (κ1) is 25.9. The number of anilines is 1. The lowest BCUT2D eigenvalue weighted by molar-refractivity contribution is -0.116. The number of hydrogen-bond donors (Lipinski definition) is 2. The van der Waals surface area contributed by atoms with Gasteiger partial charge in [0, 0.05) is 45.7 Å². The molecule has 198 valence electrons. The van der Waals surface area contributed by atoms with Crippen LogP contribution >= 0.6 is 11.3 Å². The average molecular weight is 542 g/mol. The Morgan fingerprint density at radius 1 is 1.16 bits per heavy atom. The number of benzene rings is 2. The van der Waals surface area contributed by atoms with Gasteiger partial charge in [0.05, 0.1) is 0 Å². The zero-order chi connectivity index (χ0) is 26.8. The van der Waals surface area contributed by atoms with Gasteiger partial charge in [0.2, 0.25) is 11.0 Å². The number of fused-ring (bicyclic) bond motifs is 2. The molecule has 1 fully saturated rings. The summed E-state index contributed by atoms with van der Waals surface area (Å²) < 4.78 is 50.5. The number of rotatable bonds is 9. The van der Waals surface area contributed by atoms with Crippen LogP contribution in [0.4, 0.5) is 19.0 Å². The van der Waals surface area contributed by atoms with E-state index in [2.05, 4.69) is 32.1 Å². The zero-order valence-corrected chi connectivity index (χ0v) is 21.5. The van der Waals surface area contributed by atoms with Crippen LogP contribution in [0.2, 0.25) is 0 Å². The fraction of sp³-hybridized carbons (Fsp3) is 0.296. The van der Waals surface area contributed by atoms with Crippen molar-refractivity contribution in [3.05, 3.63) is 59.8 Å². The molecule has 1 aliphatic rings.